The predicted molar refractivity (Wildman–Crippen MR) is 184 cm³/mol. The summed E-state index contributed by atoms with van der Waals surface area (Å²) in [6.07, 6.45) is 0. The average Bonchev–Trinajstić information content (AvgIpc) is 4.06. The van der Waals surface area contributed by atoms with Gasteiger partial charge in [0.15, 0.2) is 0 Å². The monoisotopic (exact) mass is 716 g/mol. The van der Waals surface area contributed by atoms with Crippen LogP contribution in [0.2, 0.25) is 35.1 Å². The molecule has 1 spiro atoms. The van der Waals surface area contributed by atoms with Crippen molar-refractivity contribution in [3.05, 3.63) is 121 Å². The van der Waals surface area contributed by atoms with Crippen LogP contribution >= 0.6 is 15.8 Å². The van der Waals surface area contributed by atoms with Crippen molar-refractivity contribution < 1.29 is 17.2 Å². The Balaban J connectivity index is 1.15. The van der Waals surface area contributed by atoms with Crippen molar-refractivity contribution >= 4 is 37.1 Å². The maximum atomic E-state index is 6.91. The second kappa shape index (κ2) is 4.31. The molecule has 0 N–H and O–H groups in total. The van der Waals surface area contributed by atoms with E-state index in [1.54, 1.807) is 21.2 Å². The van der Waals surface area contributed by atoms with Gasteiger partial charge in [0, 0.05) is 0 Å². The fourth-order valence-corrected chi connectivity index (χ4v) is 204. The molecule has 10 aliphatic rings. The molecule has 0 bridgehead atoms. The van der Waals surface area contributed by atoms with Crippen molar-refractivity contribution in [2.24, 2.45) is 0 Å². The molecule has 4 aromatic carbocycles. The Morgan fingerprint density at radius 3 is 1.07 bits per heavy atom. The molecule has 9 unspecified atom stereocenters. The Labute approximate surface area is 257 Å². The first-order chi connectivity index (χ1) is 22.0. The van der Waals surface area contributed by atoms with Crippen LogP contribution in [0.5, 0.6) is 0 Å². The average molecular weight is 716 g/mol. The molecule has 10 aliphatic heterocycles. The molecular weight excluding hydrogens is 675 g/mol. The van der Waals surface area contributed by atoms with Gasteiger partial charge in [0.05, 0.1) is 0 Å². The van der Waals surface area contributed by atoms with Crippen LogP contribution in [0, 0.1) is 0 Å². The van der Waals surface area contributed by atoms with E-state index in [1.807, 2.05) is 0 Å². The fourth-order valence-electron chi connectivity index (χ4n) is 23.9. The molecule has 0 aromatic heterocycles. The minimum absolute atomic E-state index is 0.492. The summed E-state index contributed by atoms with van der Waals surface area (Å²) in [4.78, 5) is 0. The molecule has 10 saturated heterocycles. The van der Waals surface area contributed by atoms with Gasteiger partial charge in [0.1, 0.15) is 0 Å². The van der Waals surface area contributed by atoms with Gasteiger partial charge in [-0.3, -0.25) is 0 Å². The van der Waals surface area contributed by atoms with Gasteiger partial charge in [0.25, 0.3) is 0 Å². The molecule has 45 heavy (non-hydrogen) atoms. The number of hydrogen-bond acceptors (Lipinski definition) is 2. The third kappa shape index (κ3) is 0.661. The van der Waals surface area contributed by atoms with Gasteiger partial charge in [-0.25, -0.2) is 0 Å². The van der Waals surface area contributed by atoms with Gasteiger partial charge in [-0.2, -0.15) is 0 Å². The summed E-state index contributed by atoms with van der Waals surface area (Å²) in [5.41, 5.74) is 0. The van der Waals surface area contributed by atoms with Gasteiger partial charge in [-0.1, -0.05) is 0 Å². The molecule has 0 saturated carbocycles. The molecule has 14 rings (SSSR count). The summed E-state index contributed by atoms with van der Waals surface area (Å²) in [6.45, 7) is 8.33. The third-order valence-electron chi connectivity index (χ3n) is 21.4. The van der Waals surface area contributed by atoms with Crippen LogP contribution < -0.4 is 21.2 Å². The van der Waals surface area contributed by atoms with Crippen molar-refractivity contribution in [3.63, 3.8) is 0 Å². The molecule has 4 aromatic rings. The van der Waals surface area contributed by atoms with Gasteiger partial charge in [-0.15, -0.1) is 0 Å². The van der Waals surface area contributed by atoms with Gasteiger partial charge in [0.2, 0.25) is 0 Å². The number of fused-ring (bicyclic) bond motifs is 10. The maximum absolute atomic E-state index is 6.91. The second-order valence-corrected chi connectivity index (χ2v) is 59.4. The molecular formula is C40H40O2P2Ru. The fraction of sp³-hybridized carbons (Fsp3) is 0.400. The van der Waals surface area contributed by atoms with Crippen molar-refractivity contribution in [2.45, 2.75) is 56.4 Å². The number of benzene rings is 4. The van der Waals surface area contributed by atoms with E-state index in [-0.39, 0.29) is 0 Å². The molecule has 5 heteroatoms. The summed E-state index contributed by atoms with van der Waals surface area (Å²) >= 11 is 0. The number of ether oxygens (including phenoxy) is 2. The Hall–Kier alpha value is -1.72. The Morgan fingerprint density at radius 2 is 0.800 bits per heavy atom. The van der Waals surface area contributed by atoms with Crippen LogP contribution in [0.4, 0.5) is 0 Å². The summed E-state index contributed by atoms with van der Waals surface area (Å²) in [5, 5.41) is 6.60. The molecule has 10 fully saturated rings. The predicted octanol–water partition coefficient (Wildman–Crippen LogP) is 8.27. The van der Waals surface area contributed by atoms with Crippen LogP contribution in [0.1, 0.15) is 13.8 Å². The molecule has 0 radical (unpaired) electrons. The Bertz CT molecular complexity index is 2220. The first-order valence-electron chi connectivity index (χ1n) is 17.2. The quantitative estimate of drug-likeness (QED) is 0.109. The van der Waals surface area contributed by atoms with E-state index in [4.69, 9.17) is 9.47 Å². The topological polar surface area (TPSA) is 18.5 Å². The van der Waals surface area contributed by atoms with Crippen LogP contribution in [0.3, 0.4) is 0 Å². The van der Waals surface area contributed by atoms with Crippen molar-refractivity contribution in [3.8, 4) is 0 Å². The van der Waals surface area contributed by atoms with Crippen LogP contribution in [-0.4, -0.2) is 33.9 Å². The third-order valence-corrected chi connectivity index (χ3v) is 109. The molecule has 10 heterocycles. The summed E-state index contributed by atoms with van der Waals surface area (Å²) in [6, 6.07) is 47.9. The molecule has 0 aliphatic carbocycles. The standard InChI is InChI=1S/2C20H20OP.Ru/c2*1-2-21-16-17-10-9-15-20(17)22(18-11-5-3-6-12-18)19-13-7-4-8-14-19;/h2*3-15H,2,16H2,1H3;. The zero-order chi connectivity index (χ0) is 29.6. The van der Waals surface area contributed by atoms with Crippen LogP contribution in [-0.2, 0) is 17.2 Å². The zero-order valence-electron chi connectivity index (χ0n) is 25.9. The normalized spacial score (nSPS) is 57.3. The number of rotatable bonds is 12. The Morgan fingerprint density at radius 1 is 0.489 bits per heavy atom. The first-order valence-corrected chi connectivity index (χ1v) is 29.4. The zero-order valence-corrected chi connectivity index (χ0v) is 29.4. The molecule has 0 amide bonds. The first kappa shape index (κ1) is 24.4. The van der Waals surface area contributed by atoms with Crippen molar-refractivity contribution in [1.29, 1.82) is 0 Å². The van der Waals surface area contributed by atoms with E-state index >= 15 is 0 Å². The molecule has 2 nitrogen and oxygen atoms in total. The SMILES string of the molecule is CCOC[C]12[CH]3[CH]4[CH]5[C]1(P(c1ccccc1)c1ccccc1)[Ru]43521678[CH]2[CH]1[C]6(COCC)[C@@]7(P(c1ccccc1)c1ccccc1)[CH]28. The van der Waals surface area contributed by atoms with E-state index in [0.717, 1.165) is 53.5 Å². The van der Waals surface area contributed by atoms with Gasteiger partial charge in [-0.05, 0) is 0 Å². The van der Waals surface area contributed by atoms with Crippen LogP contribution in [0.25, 0.3) is 0 Å². The second-order valence-electron chi connectivity index (χ2n) is 17.4. The summed E-state index contributed by atoms with van der Waals surface area (Å²) < 4.78 is 22.2. The minimum atomic E-state index is -5.00. The van der Waals surface area contributed by atoms with Crippen molar-refractivity contribution in [2.75, 3.05) is 26.4 Å². The summed E-state index contributed by atoms with van der Waals surface area (Å²) in [7, 11) is -5.98. The Kier molecular flexibility index (Phi) is 2.34. The van der Waals surface area contributed by atoms with Gasteiger partial charge >= 0.3 is 258 Å². The number of hydrogen-bond donors (Lipinski definition) is 0. The van der Waals surface area contributed by atoms with E-state index in [2.05, 4.69) is 135 Å². The van der Waals surface area contributed by atoms with Gasteiger partial charge < -0.3 is 0 Å². The molecule has 230 valence electrons. The van der Waals surface area contributed by atoms with E-state index in [9.17, 15) is 0 Å². The van der Waals surface area contributed by atoms with Crippen LogP contribution in [0.15, 0.2) is 121 Å². The van der Waals surface area contributed by atoms with E-state index in [0.29, 0.717) is 15.5 Å². The van der Waals surface area contributed by atoms with E-state index in [1.165, 1.54) is 0 Å². The molecule has 10 atom stereocenters. The van der Waals surface area contributed by atoms with E-state index < -0.39 is 23.6 Å². The summed E-state index contributed by atoms with van der Waals surface area (Å²) in [5.74, 6) is 0. The van der Waals surface area contributed by atoms with Crippen molar-refractivity contribution in [1.82, 2.24) is 0 Å².